The first-order valence-corrected chi connectivity index (χ1v) is 11.0. The molecule has 0 unspecified atom stereocenters. The van der Waals surface area contributed by atoms with Crippen molar-refractivity contribution in [2.45, 2.75) is 25.8 Å². The molecule has 1 aromatic heterocycles. The summed E-state index contributed by atoms with van der Waals surface area (Å²) in [6.45, 7) is 0.783. The fourth-order valence-electron chi connectivity index (χ4n) is 3.68. The van der Waals surface area contributed by atoms with Crippen LogP contribution in [0, 0.1) is 0 Å². The van der Waals surface area contributed by atoms with Gasteiger partial charge in [0.15, 0.2) is 5.78 Å². The maximum Gasteiger partial charge on any atom is 0.224 e. The second kappa shape index (κ2) is 10.2. The van der Waals surface area contributed by atoms with Gasteiger partial charge in [-0.3, -0.25) is 9.59 Å². The Labute approximate surface area is 192 Å². The van der Waals surface area contributed by atoms with Crippen LogP contribution in [0.5, 0.6) is 0 Å². The molecule has 0 radical (unpaired) electrons. The van der Waals surface area contributed by atoms with Crippen molar-refractivity contribution in [2.75, 3.05) is 6.54 Å². The van der Waals surface area contributed by atoms with Crippen molar-refractivity contribution in [1.82, 2.24) is 14.9 Å². The van der Waals surface area contributed by atoms with Gasteiger partial charge in [-0.25, -0.2) is 4.98 Å². The third-order valence-electron chi connectivity index (χ3n) is 5.31. The molecule has 1 amide bonds. The average Bonchev–Trinajstić information content (AvgIpc) is 3.16. The van der Waals surface area contributed by atoms with Crippen LogP contribution in [-0.4, -0.2) is 27.8 Å². The summed E-state index contributed by atoms with van der Waals surface area (Å²) in [7, 11) is 0. The summed E-state index contributed by atoms with van der Waals surface area (Å²) in [6.07, 6.45) is 1.72. The first-order chi connectivity index (χ1) is 15.6. The average molecular weight is 446 g/mol. The van der Waals surface area contributed by atoms with Crippen LogP contribution in [0.4, 0.5) is 0 Å². The van der Waals surface area contributed by atoms with Crippen molar-refractivity contribution in [3.05, 3.63) is 101 Å². The minimum Gasteiger partial charge on any atom is -0.356 e. The Morgan fingerprint density at radius 1 is 0.906 bits per heavy atom. The van der Waals surface area contributed by atoms with E-state index in [4.69, 9.17) is 16.6 Å². The van der Waals surface area contributed by atoms with E-state index in [1.165, 1.54) is 0 Å². The number of amides is 1. The summed E-state index contributed by atoms with van der Waals surface area (Å²) in [6, 6.07) is 24.4. The summed E-state index contributed by atoms with van der Waals surface area (Å²) in [5.41, 5.74) is 3.42. The highest BCUT2D eigenvalue weighted by Crippen LogP contribution is 2.18. The molecule has 4 aromatic rings. The number of fused-ring (bicyclic) bond motifs is 1. The van der Waals surface area contributed by atoms with Crippen LogP contribution in [0.3, 0.4) is 0 Å². The number of halogens is 1. The van der Waals surface area contributed by atoms with Gasteiger partial charge in [-0.05, 0) is 36.2 Å². The second-order valence-electron chi connectivity index (χ2n) is 7.65. The predicted molar refractivity (Wildman–Crippen MR) is 127 cm³/mol. The number of Topliss-reactive ketones (excluding diaryl/α,β-unsaturated/α-hetero) is 1. The largest absolute Gasteiger partial charge is 0.356 e. The number of imidazole rings is 1. The molecule has 0 aliphatic rings. The zero-order chi connectivity index (χ0) is 22.3. The molecule has 3 aromatic carbocycles. The Morgan fingerprint density at radius 2 is 1.62 bits per heavy atom. The minimum atomic E-state index is -0.0277. The van der Waals surface area contributed by atoms with Crippen LogP contribution in [0.15, 0.2) is 78.9 Å². The molecule has 0 aliphatic heterocycles. The molecule has 0 saturated carbocycles. The van der Waals surface area contributed by atoms with E-state index in [1.807, 2.05) is 71.3 Å². The van der Waals surface area contributed by atoms with E-state index in [1.54, 1.807) is 12.1 Å². The number of aromatic nitrogens is 2. The van der Waals surface area contributed by atoms with Gasteiger partial charge in [0.2, 0.25) is 5.91 Å². The van der Waals surface area contributed by atoms with Gasteiger partial charge in [-0.1, -0.05) is 66.2 Å². The highest BCUT2D eigenvalue weighted by Gasteiger charge is 2.14. The molecule has 5 nitrogen and oxygen atoms in total. The lowest BCUT2D eigenvalue weighted by Gasteiger charge is -2.10. The number of para-hydroxylation sites is 2. The number of hydrogen-bond donors (Lipinski definition) is 1. The molecule has 0 saturated heterocycles. The van der Waals surface area contributed by atoms with Crippen LogP contribution >= 0.6 is 11.6 Å². The van der Waals surface area contributed by atoms with Gasteiger partial charge in [-0.15, -0.1) is 0 Å². The van der Waals surface area contributed by atoms with E-state index in [-0.39, 0.29) is 18.2 Å². The lowest BCUT2D eigenvalue weighted by Crippen LogP contribution is -2.26. The predicted octanol–water partition coefficient (Wildman–Crippen LogP) is 4.86. The van der Waals surface area contributed by atoms with E-state index >= 15 is 0 Å². The topological polar surface area (TPSA) is 64.0 Å². The van der Waals surface area contributed by atoms with Crippen molar-refractivity contribution >= 4 is 34.3 Å². The lowest BCUT2D eigenvalue weighted by atomic mass is 10.1. The number of nitrogens with zero attached hydrogens (tertiary/aromatic N) is 2. The minimum absolute atomic E-state index is 0.0277. The highest BCUT2D eigenvalue weighted by molar-refractivity contribution is 6.30. The van der Waals surface area contributed by atoms with Gasteiger partial charge < -0.3 is 9.88 Å². The van der Waals surface area contributed by atoms with E-state index < -0.39 is 0 Å². The van der Waals surface area contributed by atoms with Crippen LogP contribution < -0.4 is 5.32 Å². The van der Waals surface area contributed by atoms with Gasteiger partial charge >= 0.3 is 0 Å². The summed E-state index contributed by atoms with van der Waals surface area (Å²) in [5.74, 6) is 0.869. The van der Waals surface area contributed by atoms with Crippen molar-refractivity contribution in [2.24, 2.45) is 0 Å². The van der Waals surface area contributed by atoms with E-state index in [2.05, 4.69) is 5.32 Å². The molecule has 0 aliphatic carbocycles. The quantitative estimate of drug-likeness (QED) is 0.295. The van der Waals surface area contributed by atoms with Crippen LogP contribution in [-0.2, 0) is 24.2 Å². The molecule has 6 heteroatoms. The van der Waals surface area contributed by atoms with Crippen molar-refractivity contribution in [3.63, 3.8) is 0 Å². The van der Waals surface area contributed by atoms with Gasteiger partial charge in [0.1, 0.15) is 5.82 Å². The fourth-order valence-corrected chi connectivity index (χ4v) is 3.80. The molecule has 32 heavy (non-hydrogen) atoms. The number of ketones is 1. The van der Waals surface area contributed by atoms with Gasteiger partial charge in [-0.2, -0.15) is 0 Å². The van der Waals surface area contributed by atoms with Gasteiger partial charge in [0.05, 0.1) is 24.0 Å². The maximum absolute atomic E-state index is 12.8. The molecule has 162 valence electrons. The Kier molecular flexibility index (Phi) is 6.97. The van der Waals surface area contributed by atoms with E-state index in [0.717, 1.165) is 28.8 Å². The maximum atomic E-state index is 12.8. The van der Waals surface area contributed by atoms with Gasteiger partial charge in [0, 0.05) is 23.6 Å². The fraction of sp³-hybridized carbons (Fsp3) is 0.192. The Balaban J connectivity index is 1.38. The SMILES string of the molecule is O=C(Cc1ccc(Cl)cc1)NCCCc1nc2ccccc2n1CC(=O)c1ccccc1. The Hall–Kier alpha value is -3.44. The monoisotopic (exact) mass is 445 g/mol. The summed E-state index contributed by atoms with van der Waals surface area (Å²) in [4.78, 5) is 29.8. The number of rotatable bonds is 9. The summed E-state index contributed by atoms with van der Waals surface area (Å²) < 4.78 is 1.99. The number of carbonyl (C=O) groups excluding carboxylic acids is 2. The van der Waals surface area contributed by atoms with Crippen LogP contribution in [0.25, 0.3) is 11.0 Å². The zero-order valence-corrected chi connectivity index (χ0v) is 18.4. The van der Waals surface area contributed by atoms with Crippen LogP contribution in [0.2, 0.25) is 5.02 Å². The summed E-state index contributed by atoms with van der Waals surface area (Å²) >= 11 is 5.89. The number of benzene rings is 3. The van der Waals surface area contributed by atoms with Crippen molar-refractivity contribution in [3.8, 4) is 0 Å². The molecule has 0 atom stereocenters. The first kappa shape index (κ1) is 21.8. The first-order valence-electron chi connectivity index (χ1n) is 10.6. The normalized spacial score (nSPS) is 10.9. The molecule has 0 spiro atoms. The highest BCUT2D eigenvalue weighted by atomic mass is 35.5. The molecule has 1 N–H and O–H groups in total. The van der Waals surface area contributed by atoms with Crippen molar-refractivity contribution < 1.29 is 9.59 Å². The van der Waals surface area contributed by atoms with E-state index in [0.29, 0.717) is 30.0 Å². The lowest BCUT2D eigenvalue weighted by molar-refractivity contribution is -0.120. The number of aryl methyl sites for hydroxylation is 1. The van der Waals surface area contributed by atoms with E-state index in [9.17, 15) is 9.59 Å². The van der Waals surface area contributed by atoms with Crippen LogP contribution in [0.1, 0.15) is 28.2 Å². The number of hydrogen-bond acceptors (Lipinski definition) is 3. The number of carbonyl (C=O) groups is 2. The Morgan fingerprint density at radius 3 is 2.41 bits per heavy atom. The molecule has 1 heterocycles. The number of nitrogens with one attached hydrogen (secondary N) is 1. The Bertz CT molecular complexity index is 1220. The standard InChI is InChI=1S/C26H24ClN3O2/c27-21-14-12-19(13-15-21)17-26(32)28-16-6-11-25-29-22-9-4-5-10-23(22)30(25)18-24(31)20-7-2-1-3-8-20/h1-5,7-10,12-15H,6,11,16-18H2,(H,28,32). The van der Waals surface area contributed by atoms with Gasteiger partial charge in [0.25, 0.3) is 0 Å². The smallest absolute Gasteiger partial charge is 0.224 e. The second-order valence-corrected chi connectivity index (χ2v) is 8.09. The zero-order valence-electron chi connectivity index (χ0n) is 17.6. The summed E-state index contributed by atoms with van der Waals surface area (Å²) in [5, 5.41) is 3.62. The molecular formula is C26H24ClN3O2. The molecule has 0 bridgehead atoms. The molecular weight excluding hydrogens is 422 g/mol. The van der Waals surface area contributed by atoms with Crippen molar-refractivity contribution in [1.29, 1.82) is 0 Å². The molecule has 4 rings (SSSR count). The molecule has 0 fully saturated rings. The third-order valence-corrected chi connectivity index (χ3v) is 5.56. The third kappa shape index (κ3) is 5.42.